The lowest BCUT2D eigenvalue weighted by molar-refractivity contribution is -0.134. The molecule has 7 nitrogen and oxygen atoms in total. The third-order valence-electron chi connectivity index (χ3n) is 5.61. The Balaban J connectivity index is 1.38. The molecule has 1 aliphatic heterocycles. The Morgan fingerprint density at radius 3 is 2.65 bits per heavy atom. The molecule has 1 unspecified atom stereocenters. The average Bonchev–Trinajstić information content (AvgIpc) is 3.16. The number of nitrogens with one attached hydrogen (secondary N) is 3. The van der Waals surface area contributed by atoms with Crippen molar-refractivity contribution in [3.63, 3.8) is 0 Å². The molecule has 3 aromatic rings. The molecule has 1 saturated heterocycles. The maximum absolute atomic E-state index is 12.9. The second-order valence-electron chi connectivity index (χ2n) is 7.97. The number of aromatic amines is 1. The molecule has 1 aromatic heterocycles. The van der Waals surface area contributed by atoms with Crippen LogP contribution in [0.15, 0.2) is 54.7 Å². The summed E-state index contributed by atoms with van der Waals surface area (Å²) >= 11 is 0. The van der Waals surface area contributed by atoms with Crippen molar-refractivity contribution in [3.05, 3.63) is 60.3 Å². The summed E-state index contributed by atoms with van der Waals surface area (Å²) in [6.45, 7) is 2.52. The minimum Gasteiger partial charge on any atom is -0.361 e. The number of hydrogen-bond acceptors (Lipinski definition) is 3. The van der Waals surface area contributed by atoms with Gasteiger partial charge in [-0.05, 0) is 42.7 Å². The fraction of sp³-hybridized carbons (Fsp3) is 0.292. The number of H-pyrrole nitrogens is 1. The zero-order chi connectivity index (χ0) is 21.8. The van der Waals surface area contributed by atoms with Crippen molar-refractivity contribution in [1.82, 2.24) is 9.88 Å². The van der Waals surface area contributed by atoms with Gasteiger partial charge in [0, 0.05) is 48.5 Å². The van der Waals surface area contributed by atoms with Crippen LogP contribution in [0.4, 0.5) is 11.4 Å². The van der Waals surface area contributed by atoms with Crippen molar-refractivity contribution in [2.75, 3.05) is 23.7 Å². The summed E-state index contributed by atoms with van der Waals surface area (Å²) in [6, 6.07) is 15.0. The number of aromatic nitrogens is 1. The number of carbonyl (C=O) groups is 3. The highest BCUT2D eigenvalue weighted by Crippen LogP contribution is 2.23. The van der Waals surface area contributed by atoms with Crippen molar-refractivity contribution in [2.24, 2.45) is 5.92 Å². The molecule has 160 valence electrons. The molecule has 0 spiro atoms. The third kappa shape index (κ3) is 4.94. The molecule has 1 atom stereocenters. The first kappa shape index (κ1) is 20.7. The molecule has 0 saturated carbocycles. The topological polar surface area (TPSA) is 94.3 Å². The number of para-hydroxylation sites is 1. The second-order valence-corrected chi connectivity index (χ2v) is 7.97. The van der Waals surface area contributed by atoms with E-state index in [1.165, 1.54) is 6.92 Å². The zero-order valence-electron chi connectivity index (χ0n) is 17.5. The van der Waals surface area contributed by atoms with Gasteiger partial charge >= 0.3 is 0 Å². The van der Waals surface area contributed by atoms with Crippen molar-refractivity contribution < 1.29 is 14.4 Å². The fourth-order valence-corrected chi connectivity index (χ4v) is 4.09. The Hall–Kier alpha value is -3.61. The van der Waals surface area contributed by atoms with Gasteiger partial charge in [-0.25, -0.2) is 0 Å². The maximum atomic E-state index is 12.9. The van der Waals surface area contributed by atoms with Crippen LogP contribution in [0.5, 0.6) is 0 Å². The van der Waals surface area contributed by atoms with Gasteiger partial charge in [-0.1, -0.05) is 24.3 Å². The van der Waals surface area contributed by atoms with E-state index in [1.54, 1.807) is 29.2 Å². The fourth-order valence-electron chi connectivity index (χ4n) is 4.09. The minimum atomic E-state index is -0.259. The van der Waals surface area contributed by atoms with Gasteiger partial charge in [-0.15, -0.1) is 0 Å². The SMILES string of the molecule is CC(=O)Nc1cccc(NC(=O)C2CCCN(C(=O)Cc3c[nH]c4ccccc34)C2)c1. The van der Waals surface area contributed by atoms with Crippen molar-refractivity contribution in [1.29, 1.82) is 0 Å². The molecule has 1 aliphatic rings. The second kappa shape index (κ2) is 9.04. The van der Waals surface area contributed by atoms with Crippen LogP contribution in [0.2, 0.25) is 0 Å². The van der Waals surface area contributed by atoms with Crippen molar-refractivity contribution in [2.45, 2.75) is 26.2 Å². The maximum Gasteiger partial charge on any atom is 0.229 e. The van der Waals surface area contributed by atoms with E-state index < -0.39 is 0 Å². The summed E-state index contributed by atoms with van der Waals surface area (Å²) in [7, 11) is 0. The van der Waals surface area contributed by atoms with E-state index in [9.17, 15) is 14.4 Å². The first-order valence-electron chi connectivity index (χ1n) is 10.5. The summed E-state index contributed by atoms with van der Waals surface area (Å²) < 4.78 is 0. The Morgan fingerprint density at radius 1 is 1.06 bits per heavy atom. The van der Waals surface area contributed by atoms with Gasteiger partial charge in [0.15, 0.2) is 0 Å². The van der Waals surface area contributed by atoms with Crippen LogP contribution in [0, 0.1) is 5.92 Å². The number of piperidine rings is 1. The van der Waals surface area contributed by atoms with E-state index in [2.05, 4.69) is 15.6 Å². The quantitative estimate of drug-likeness (QED) is 0.591. The lowest BCUT2D eigenvalue weighted by Gasteiger charge is -2.32. The van der Waals surface area contributed by atoms with E-state index in [-0.39, 0.29) is 23.6 Å². The summed E-state index contributed by atoms with van der Waals surface area (Å²) in [6.07, 6.45) is 3.74. The van der Waals surface area contributed by atoms with Crippen LogP contribution in [-0.2, 0) is 20.8 Å². The molecule has 3 amide bonds. The minimum absolute atomic E-state index is 0.0370. The van der Waals surface area contributed by atoms with E-state index >= 15 is 0 Å². The summed E-state index contributed by atoms with van der Waals surface area (Å²) in [5.41, 5.74) is 3.24. The summed E-state index contributed by atoms with van der Waals surface area (Å²) in [4.78, 5) is 42.0. The van der Waals surface area contributed by atoms with Crippen LogP contribution < -0.4 is 10.6 Å². The number of anilines is 2. The van der Waals surface area contributed by atoms with Crippen molar-refractivity contribution >= 4 is 40.0 Å². The Kier molecular flexibility index (Phi) is 6.02. The van der Waals surface area contributed by atoms with Crippen LogP contribution in [0.25, 0.3) is 10.9 Å². The molecule has 0 bridgehead atoms. The molecule has 2 aromatic carbocycles. The highest BCUT2D eigenvalue weighted by Gasteiger charge is 2.28. The first-order valence-corrected chi connectivity index (χ1v) is 10.5. The normalized spacial score (nSPS) is 16.2. The molecular formula is C24H26N4O3. The Labute approximate surface area is 180 Å². The van der Waals surface area contributed by atoms with Crippen molar-refractivity contribution in [3.8, 4) is 0 Å². The van der Waals surface area contributed by atoms with Gasteiger partial charge in [-0.2, -0.15) is 0 Å². The number of rotatable bonds is 5. The highest BCUT2D eigenvalue weighted by atomic mass is 16.2. The molecule has 4 rings (SSSR count). The molecule has 2 heterocycles. The molecule has 3 N–H and O–H groups in total. The van der Waals surface area contributed by atoms with Crippen LogP contribution in [-0.4, -0.2) is 40.7 Å². The highest BCUT2D eigenvalue weighted by molar-refractivity contribution is 5.95. The van der Waals surface area contributed by atoms with E-state index in [1.807, 2.05) is 30.5 Å². The standard InChI is InChI=1S/C24H26N4O3/c1-16(29)26-19-7-4-8-20(13-19)27-24(31)17-6-5-11-28(15-17)23(30)12-18-14-25-22-10-3-2-9-21(18)22/h2-4,7-10,13-14,17,25H,5-6,11-12,15H2,1H3,(H,26,29)(H,27,31). The lowest BCUT2D eigenvalue weighted by atomic mass is 9.96. The summed E-state index contributed by atoms with van der Waals surface area (Å²) in [5.74, 6) is -0.496. The zero-order valence-corrected chi connectivity index (χ0v) is 17.5. The lowest BCUT2D eigenvalue weighted by Crippen LogP contribution is -2.44. The average molecular weight is 418 g/mol. The van der Waals surface area contributed by atoms with Gasteiger partial charge < -0.3 is 20.5 Å². The Morgan fingerprint density at radius 2 is 1.84 bits per heavy atom. The summed E-state index contributed by atoms with van der Waals surface area (Å²) in [5, 5.41) is 6.69. The molecule has 31 heavy (non-hydrogen) atoms. The number of amides is 3. The monoisotopic (exact) mass is 418 g/mol. The number of fused-ring (bicyclic) bond motifs is 1. The van der Waals surface area contributed by atoms with Crippen LogP contribution in [0.3, 0.4) is 0 Å². The Bertz CT molecular complexity index is 1120. The molecular weight excluding hydrogens is 392 g/mol. The molecule has 7 heteroatoms. The van der Waals surface area contributed by atoms with Crippen LogP contribution in [0.1, 0.15) is 25.3 Å². The number of carbonyl (C=O) groups excluding carboxylic acids is 3. The van der Waals surface area contributed by atoms with Crippen LogP contribution >= 0.6 is 0 Å². The van der Waals surface area contributed by atoms with Gasteiger partial charge in [0.25, 0.3) is 0 Å². The van der Waals surface area contributed by atoms with Gasteiger partial charge in [-0.3, -0.25) is 14.4 Å². The number of benzene rings is 2. The van der Waals surface area contributed by atoms with Gasteiger partial charge in [0.2, 0.25) is 17.7 Å². The van der Waals surface area contributed by atoms with E-state index in [4.69, 9.17) is 0 Å². The van der Waals surface area contributed by atoms with E-state index in [0.717, 1.165) is 29.3 Å². The number of likely N-dealkylation sites (tertiary alicyclic amines) is 1. The molecule has 0 radical (unpaired) electrons. The molecule has 0 aliphatic carbocycles. The number of hydrogen-bond donors (Lipinski definition) is 3. The largest absolute Gasteiger partial charge is 0.361 e. The van der Waals surface area contributed by atoms with Gasteiger partial charge in [0.1, 0.15) is 0 Å². The first-order chi connectivity index (χ1) is 15.0. The molecule has 1 fully saturated rings. The van der Waals surface area contributed by atoms with E-state index in [0.29, 0.717) is 30.9 Å². The predicted octanol–water partition coefficient (Wildman–Crippen LogP) is 3.55. The number of nitrogens with zero attached hydrogens (tertiary/aromatic N) is 1. The third-order valence-corrected chi connectivity index (χ3v) is 5.61. The van der Waals surface area contributed by atoms with Gasteiger partial charge in [0.05, 0.1) is 12.3 Å². The predicted molar refractivity (Wildman–Crippen MR) is 121 cm³/mol. The smallest absolute Gasteiger partial charge is 0.229 e.